The van der Waals surface area contributed by atoms with Gasteiger partial charge in [0.1, 0.15) is 0 Å². The largest absolute Gasteiger partial charge is 0.0590 e. The van der Waals surface area contributed by atoms with Gasteiger partial charge < -0.3 is 0 Å². The molecule has 0 atom stereocenters. The van der Waals surface area contributed by atoms with Gasteiger partial charge in [-0.3, -0.25) is 0 Å². The zero-order valence-electron chi connectivity index (χ0n) is 14.1. The van der Waals surface area contributed by atoms with Gasteiger partial charge in [0.05, 0.1) is 0 Å². The Morgan fingerprint density at radius 3 is 1.27 bits per heavy atom. The van der Waals surface area contributed by atoms with Gasteiger partial charge in [-0.15, -0.1) is 0 Å². The second-order valence-electron chi connectivity index (χ2n) is 6.96. The number of fused-ring (bicyclic) bond motifs is 2. The van der Waals surface area contributed by atoms with Crippen molar-refractivity contribution in [2.24, 2.45) is 0 Å². The van der Waals surface area contributed by atoms with E-state index in [0.717, 1.165) is 0 Å². The maximum atomic E-state index is 2.34. The first-order valence-corrected chi connectivity index (χ1v) is 8.89. The molecule has 4 rings (SSSR count). The molecule has 2 aliphatic carbocycles. The van der Waals surface area contributed by atoms with Crippen molar-refractivity contribution in [3.8, 4) is 0 Å². The molecule has 0 unspecified atom stereocenters. The molecular formula is C22H28. The van der Waals surface area contributed by atoms with E-state index in [9.17, 15) is 0 Å². The molecule has 0 N–H and O–H groups in total. The second-order valence-corrected chi connectivity index (χ2v) is 6.96. The van der Waals surface area contributed by atoms with Crippen LogP contribution in [0, 0.1) is 13.8 Å². The molecule has 0 heterocycles. The van der Waals surface area contributed by atoms with E-state index >= 15 is 0 Å². The average Bonchev–Trinajstić information content (AvgIpc) is 2.55. The fourth-order valence-electron chi connectivity index (χ4n) is 3.72. The zero-order valence-corrected chi connectivity index (χ0v) is 14.1. The lowest BCUT2D eigenvalue weighted by Gasteiger charge is -2.15. The Kier molecular flexibility index (Phi) is 4.97. The third-order valence-corrected chi connectivity index (χ3v) is 5.01. The number of hydrogen-bond acceptors (Lipinski definition) is 0. The van der Waals surface area contributed by atoms with Crippen LogP contribution in [0.1, 0.15) is 59.1 Å². The molecule has 0 saturated carbocycles. The van der Waals surface area contributed by atoms with E-state index in [2.05, 4.69) is 50.2 Å². The van der Waals surface area contributed by atoms with Gasteiger partial charge in [0.25, 0.3) is 0 Å². The Morgan fingerprint density at radius 2 is 0.864 bits per heavy atom. The molecule has 0 amide bonds. The summed E-state index contributed by atoms with van der Waals surface area (Å²) in [5.41, 5.74) is 9.17. The third-order valence-electron chi connectivity index (χ3n) is 5.01. The Morgan fingerprint density at radius 1 is 0.500 bits per heavy atom. The Bertz CT molecular complexity index is 579. The minimum atomic E-state index is 1.30. The molecule has 22 heavy (non-hydrogen) atoms. The highest BCUT2D eigenvalue weighted by atomic mass is 14.1. The molecule has 0 heteroatoms. The van der Waals surface area contributed by atoms with Gasteiger partial charge in [-0.05, 0) is 87.5 Å². The topological polar surface area (TPSA) is 0 Å². The summed E-state index contributed by atoms with van der Waals surface area (Å²) in [4.78, 5) is 0. The molecule has 0 saturated heterocycles. The van der Waals surface area contributed by atoms with Crippen LogP contribution < -0.4 is 0 Å². The van der Waals surface area contributed by atoms with Gasteiger partial charge in [-0.2, -0.15) is 0 Å². The Hall–Kier alpha value is -1.56. The van der Waals surface area contributed by atoms with E-state index in [1.807, 2.05) is 0 Å². The van der Waals surface area contributed by atoms with Crippen LogP contribution in [0.4, 0.5) is 0 Å². The molecule has 2 aliphatic rings. The van der Waals surface area contributed by atoms with Gasteiger partial charge in [-0.25, -0.2) is 0 Å². The fourth-order valence-corrected chi connectivity index (χ4v) is 3.72. The maximum absolute atomic E-state index is 2.34. The molecule has 0 aliphatic heterocycles. The average molecular weight is 292 g/mol. The quantitative estimate of drug-likeness (QED) is 0.580. The molecule has 0 bridgehead atoms. The van der Waals surface area contributed by atoms with E-state index in [1.54, 1.807) is 22.3 Å². The van der Waals surface area contributed by atoms with Crippen molar-refractivity contribution >= 4 is 0 Å². The van der Waals surface area contributed by atoms with Crippen LogP contribution in [-0.4, -0.2) is 0 Å². The molecule has 0 aromatic heterocycles. The van der Waals surface area contributed by atoms with Crippen LogP contribution >= 0.6 is 0 Å². The SMILES string of the molecule is Cc1ccc2c(c1)CCCC2.Cc1ccc2c(c1)CCCC2. The molecule has 116 valence electrons. The molecule has 0 fully saturated rings. The van der Waals surface area contributed by atoms with Crippen molar-refractivity contribution < 1.29 is 0 Å². The van der Waals surface area contributed by atoms with Crippen molar-refractivity contribution in [3.63, 3.8) is 0 Å². The van der Waals surface area contributed by atoms with Crippen molar-refractivity contribution in [2.45, 2.75) is 65.2 Å². The van der Waals surface area contributed by atoms with Crippen LogP contribution in [0.25, 0.3) is 0 Å². The summed E-state index contributed by atoms with van der Waals surface area (Å²) in [6.45, 7) is 4.35. The monoisotopic (exact) mass is 292 g/mol. The smallest absolute Gasteiger partial charge is 0.0276 e. The highest BCUT2D eigenvalue weighted by Gasteiger charge is 2.08. The van der Waals surface area contributed by atoms with Gasteiger partial charge in [-0.1, -0.05) is 47.5 Å². The maximum Gasteiger partial charge on any atom is -0.0276 e. The summed E-state index contributed by atoms with van der Waals surface area (Å²) >= 11 is 0. The van der Waals surface area contributed by atoms with Gasteiger partial charge in [0, 0.05) is 0 Å². The second kappa shape index (κ2) is 7.13. The van der Waals surface area contributed by atoms with Crippen molar-refractivity contribution in [1.82, 2.24) is 0 Å². The summed E-state index contributed by atoms with van der Waals surface area (Å²) in [5.74, 6) is 0. The van der Waals surface area contributed by atoms with Crippen molar-refractivity contribution in [1.29, 1.82) is 0 Å². The number of rotatable bonds is 0. The molecule has 0 nitrogen and oxygen atoms in total. The van der Waals surface area contributed by atoms with Gasteiger partial charge in [0.2, 0.25) is 0 Å². The first-order chi connectivity index (χ1) is 10.7. The highest BCUT2D eigenvalue weighted by Crippen LogP contribution is 2.22. The van der Waals surface area contributed by atoms with Crippen LogP contribution in [-0.2, 0) is 25.7 Å². The summed E-state index contributed by atoms with van der Waals surface area (Å²) in [7, 11) is 0. The lowest BCUT2D eigenvalue weighted by atomic mass is 9.91. The summed E-state index contributed by atoms with van der Waals surface area (Å²) in [5, 5.41) is 0. The Labute approximate surface area is 135 Å². The van der Waals surface area contributed by atoms with E-state index in [1.165, 1.54) is 62.5 Å². The van der Waals surface area contributed by atoms with Crippen LogP contribution in [0.3, 0.4) is 0 Å². The minimum absolute atomic E-state index is 1.30. The zero-order chi connectivity index (χ0) is 15.4. The van der Waals surface area contributed by atoms with Crippen LogP contribution in [0.5, 0.6) is 0 Å². The minimum Gasteiger partial charge on any atom is -0.0590 e. The normalized spacial score (nSPS) is 16.1. The number of aryl methyl sites for hydroxylation is 6. The fraction of sp³-hybridized carbons (Fsp3) is 0.455. The first kappa shape index (κ1) is 15.3. The van der Waals surface area contributed by atoms with Crippen molar-refractivity contribution in [3.05, 3.63) is 69.8 Å². The van der Waals surface area contributed by atoms with Gasteiger partial charge in [0.15, 0.2) is 0 Å². The predicted octanol–water partition coefficient (Wildman–Crippen LogP) is 5.75. The first-order valence-electron chi connectivity index (χ1n) is 8.89. The van der Waals surface area contributed by atoms with E-state index in [0.29, 0.717) is 0 Å². The van der Waals surface area contributed by atoms with E-state index in [4.69, 9.17) is 0 Å². The highest BCUT2D eigenvalue weighted by molar-refractivity contribution is 5.33. The van der Waals surface area contributed by atoms with Gasteiger partial charge >= 0.3 is 0 Å². The molecule has 0 spiro atoms. The number of benzene rings is 2. The molecule has 0 radical (unpaired) electrons. The van der Waals surface area contributed by atoms with E-state index < -0.39 is 0 Å². The summed E-state index contributed by atoms with van der Waals surface area (Å²) in [6, 6.07) is 13.7. The lowest BCUT2D eigenvalue weighted by Crippen LogP contribution is -2.01. The summed E-state index contributed by atoms with van der Waals surface area (Å²) < 4.78 is 0. The number of hydrogen-bond donors (Lipinski definition) is 0. The summed E-state index contributed by atoms with van der Waals surface area (Å²) in [6.07, 6.45) is 10.7. The predicted molar refractivity (Wildman–Crippen MR) is 95.6 cm³/mol. The Balaban J connectivity index is 0.000000131. The van der Waals surface area contributed by atoms with Crippen molar-refractivity contribution in [2.75, 3.05) is 0 Å². The molecule has 2 aromatic carbocycles. The lowest BCUT2D eigenvalue weighted by molar-refractivity contribution is 0.685. The van der Waals surface area contributed by atoms with E-state index in [-0.39, 0.29) is 0 Å². The standard InChI is InChI=1S/2C11H14/c2*1-9-6-7-10-4-2-3-5-11(10)8-9/h2*6-8H,2-5H2,1H3. The van der Waals surface area contributed by atoms with Crippen LogP contribution in [0.2, 0.25) is 0 Å². The molecular weight excluding hydrogens is 264 g/mol. The molecule has 2 aromatic rings. The third kappa shape index (κ3) is 3.80. The van der Waals surface area contributed by atoms with Crippen LogP contribution in [0.15, 0.2) is 36.4 Å².